The Balaban J connectivity index is 1.27. The molecule has 13 heteroatoms. The van der Waals surface area contributed by atoms with E-state index in [1.165, 1.54) is 0 Å². The van der Waals surface area contributed by atoms with Gasteiger partial charge in [-0.15, -0.1) is 0 Å². The number of aromatic nitrogens is 2. The van der Waals surface area contributed by atoms with Crippen LogP contribution in [-0.4, -0.2) is 90.9 Å². The molecule has 1 N–H and O–H groups in total. The molecular formula is C24H32F5N5O3. The molecule has 3 aliphatic heterocycles. The van der Waals surface area contributed by atoms with Crippen molar-refractivity contribution in [2.45, 2.75) is 81.4 Å². The van der Waals surface area contributed by atoms with E-state index in [-0.39, 0.29) is 48.5 Å². The summed E-state index contributed by atoms with van der Waals surface area (Å²) < 4.78 is 77.8. The number of ether oxygens (including phenoxy) is 2. The highest BCUT2D eigenvalue weighted by Crippen LogP contribution is 2.47. The van der Waals surface area contributed by atoms with Crippen LogP contribution in [-0.2, 0) is 20.4 Å². The highest BCUT2D eigenvalue weighted by Gasteiger charge is 2.54. The quantitative estimate of drug-likeness (QED) is 0.540. The lowest BCUT2D eigenvalue weighted by Crippen LogP contribution is -2.54. The van der Waals surface area contributed by atoms with E-state index >= 15 is 0 Å². The van der Waals surface area contributed by atoms with Crippen LogP contribution in [0.3, 0.4) is 0 Å². The number of piperazine rings is 1. The first kappa shape index (κ1) is 26.5. The van der Waals surface area contributed by atoms with Crippen LogP contribution < -0.4 is 10.2 Å². The predicted molar refractivity (Wildman–Crippen MR) is 122 cm³/mol. The van der Waals surface area contributed by atoms with Crippen LogP contribution in [0.25, 0.3) is 0 Å². The third kappa shape index (κ3) is 5.26. The SMILES string of the molecule is CO[C@@H]1COCC[C@@H]1N[C@H]1CC[C@](CC(F)F)(C(=O)N2C[C@@H]3C[C@H]2CN3c2cc(C(F)(F)F)ncn2)C1. The maximum Gasteiger partial charge on any atom is 0.433 e. The number of likely N-dealkylation sites (tertiary alicyclic amines) is 1. The summed E-state index contributed by atoms with van der Waals surface area (Å²) in [6.45, 7) is 1.65. The first-order chi connectivity index (χ1) is 17.6. The largest absolute Gasteiger partial charge is 0.433 e. The lowest BCUT2D eigenvalue weighted by atomic mass is 9.80. The summed E-state index contributed by atoms with van der Waals surface area (Å²) in [5.74, 6) is -0.100. The van der Waals surface area contributed by atoms with E-state index in [4.69, 9.17) is 9.47 Å². The second-order valence-corrected chi connectivity index (χ2v) is 10.6. The average Bonchev–Trinajstić information content (AvgIpc) is 3.58. The Labute approximate surface area is 211 Å². The molecule has 1 aromatic heterocycles. The summed E-state index contributed by atoms with van der Waals surface area (Å²) in [5, 5.41) is 3.54. The van der Waals surface area contributed by atoms with Crippen molar-refractivity contribution in [2.75, 3.05) is 38.3 Å². The van der Waals surface area contributed by atoms with Crippen molar-refractivity contribution in [2.24, 2.45) is 5.41 Å². The normalized spacial score (nSPS) is 34.1. The Morgan fingerprint density at radius 2 is 2.08 bits per heavy atom. The fourth-order valence-corrected chi connectivity index (χ4v) is 6.63. The van der Waals surface area contributed by atoms with Gasteiger partial charge in [-0.1, -0.05) is 0 Å². The van der Waals surface area contributed by atoms with Gasteiger partial charge >= 0.3 is 6.18 Å². The fourth-order valence-electron chi connectivity index (χ4n) is 6.63. The number of amides is 1. The lowest BCUT2D eigenvalue weighted by molar-refractivity contribution is -0.146. The highest BCUT2D eigenvalue weighted by atomic mass is 19.4. The van der Waals surface area contributed by atoms with Crippen LogP contribution in [0.5, 0.6) is 0 Å². The molecule has 3 saturated heterocycles. The number of nitrogens with one attached hydrogen (secondary N) is 1. The van der Waals surface area contributed by atoms with Gasteiger partial charge in [0, 0.05) is 51.4 Å². The molecule has 4 aliphatic rings. The van der Waals surface area contributed by atoms with Crippen LogP contribution >= 0.6 is 0 Å². The molecule has 1 saturated carbocycles. The zero-order valence-electron chi connectivity index (χ0n) is 20.6. The maximum absolute atomic E-state index is 13.8. The Bertz CT molecular complexity index is 984. The molecule has 5 rings (SSSR count). The van der Waals surface area contributed by atoms with Gasteiger partial charge < -0.3 is 24.6 Å². The molecule has 1 amide bonds. The molecule has 0 unspecified atom stereocenters. The van der Waals surface area contributed by atoms with E-state index in [0.717, 1.165) is 18.8 Å². The van der Waals surface area contributed by atoms with E-state index in [0.29, 0.717) is 45.4 Å². The number of fused-ring (bicyclic) bond motifs is 2. The molecule has 37 heavy (non-hydrogen) atoms. The topological polar surface area (TPSA) is 79.8 Å². The minimum atomic E-state index is -4.58. The minimum Gasteiger partial charge on any atom is -0.379 e. The second-order valence-electron chi connectivity index (χ2n) is 10.6. The molecule has 0 spiro atoms. The van der Waals surface area contributed by atoms with E-state index in [1.54, 1.807) is 16.9 Å². The Hall–Kier alpha value is -2.12. The third-order valence-electron chi connectivity index (χ3n) is 8.40. The summed E-state index contributed by atoms with van der Waals surface area (Å²) >= 11 is 0. The van der Waals surface area contributed by atoms with Gasteiger partial charge in [0.25, 0.3) is 0 Å². The zero-order chi connectivity index (χ0) is 26.4. The number of carbonyl (C=O) groups excluding carboxylic acids is 1. The van der Waals surface area contributed by atoms with E-state index < -0.39 is 30.1 Å². The molecule has 8 nitrogen and oxygen atoms in total. The summed E-state index contributed by atoms with van der Waals surface area (Å²) in [4.78, 5) is 24.6. The van der Waals surface area contributed by atoms with Crippen molar-refractivity contribution in [1.82, 2.24) is 20.2 Å². The van der Waals surface area contributed by atoms with Crippen molar-refractivity contribution in [3.8, 4) is 0 Å². The summed E-state index contributed by atoms with van der Waals surface area (Å²) in [5.41, 5.74) is -2.18. The first-order valence-corrected chi connectivity index (χ1v) is 12.7. The molecule has 1 aromatic rings. The Kier molecular flexibility index (Phi) is 7.31. The smallest absolute Gasteiger partial charge is 0.379 e. The van der Waals surface area contributed by atoms with Crippen LogP contribution in [0.15, 0.2) is 12.4 Å². The van der Waals surface area contributed by atoms with E-state index in [1.807, 2.05) is 0 Å². The van der Waals surface area contributed by atoms with Crippen LogP contribution in [0.4, 0.5) is 27.8 Å². The molecule has 0 aromatic carbocycles. The molecule has 1 aliphatic carbocycles. The van der Waals surface area contributed by atoms with E-state index in [9.17, 15) is 26.7 Å². The number of hydrogen-bond donors (Lipinski definition) is 1. The summed E-state index contributed by atoms with van der Waals surface area (Å²) in [6, 6.07) is 0.404. The van der Waals surface area contributed by atoms with Gasteiger partial charge in [0.1, 0.15) is 17.8 Å². The average molecular weight is 534 g/mol. The van der Waals surface area contributed by atoms with Gasteiger partial charge in [0.2, 0.25) is 12.3 Å². The van der Waals surface area contributed by atoms with Crippen molar-refractivity contribution >= 4 is 11.7 Å². The van der Waals surface area contributed by atoms with Crippen molar-refractivity contribution in [3.63, 3.8) is 0 Å². The van der Waals surface area contributed by atoms with Gasteiger partial charge in [0.15, 0.2) is 0 Å². The zero-order valence-corrected chi connectivity index (χ0v) is 20.6. The Morgan fingerprint density at radius 3 is 2.76 bits per heavy atom. The number of carbonyl (C=O) groups is 1. The van der Waals surface area contributed by atoms with E-state index in [2.05, 4.69) is 15.3 Å². The molecule has 206 valence electrons. The van der Waals surface area contributed by atoms with Crippen LogP contribution in [0, 0.1) is 5.41 Å². The van der Waals surface area contributed by atoms with Crippen LogP contribution in [0.1, 0.15) is 44.2 Å². The van der Waals surface area contributed by atoms with Gasteiger partial charge in [-0.2, -0.15) is 13.2 Å². The van der Waals surface area contributed by atoms with Crippen molar-refractivity contribution in [3.05, 3.63) is 18.1 Å². The van der Waals surface area contributed by atoms with Crippen molar-refractivity contribution < 1.29 is 36.2 Å². The summed E-state index contributed by atoms with van der Waals surface area (Å²) in [6.07, 6.45) is -4.31. The first-order valence-electron chi connectivity index (χ1n) is 12.7. The molecule has 0 radical (unpaired) electrons. The molecule has 2 bridgehead atoms. The number of alkyl halides is 5. The molecule has 4 fully saturated rings. The number of nitrogens with zero attached hydrogens (tertiary/aromatic N) is 4. The van der Waals surface area contributed by atoms with Gasteiger partial charge in [-0.3, -0.25) is 4.79 Å². The third-order valence-corrected chi connectivity index (χ3v) is 8.40. The Morgan fingerprint density at radius 1 is 1.27 bits per heavy atom. The molecule has 6 atom stereocenters. The second kappa shape index (κ2) is 10.2. The number of rotatable bonds is 7. The lowest BCUT2D eigenvalue weighted by Gasteiger charge is -2.40. The number of halogens is 5. The number of methoxy groups -OCH3 is 1. The number of anilines is 1. The number of hydrogen-bond acceptors (Lipinski definition) is 7. The molecule has 4 heterocycles. The van der Waals surface area contributed by atoms with Gasteiger partial charge in [0.05, 0.1) is 30.2 Å². The van der Waals surface area contributed by atoms with Gasteiger partial charge in [-0.25, -0.2) is 18.7 Å². The van der Waals surface area contributed by atoms with Crippen molar-refractivity contribution in [1.29, 1.82) is 0 Å². The highest BCUT2D eigenvalue weighted by molar-refractivity contribution is 5.84. The standard InChI is InChI=1S/C24H32F5N5O3/c1-36-18-12-37-5-3-17(18)32-14-2-4-23(8-14,9-20(25)26)22(35)34-11-15-6-16(34)10-33(15)21-7-19(24(27,28)29)30-13-31-21/h7,13-18,20,32H,2-6,8-12H2,1H3/t14-,15-,16-,17-,18+,23-/m0/s1. The minimum absolute atomic E-state index is 0.0343. The summed E-state index contributed by atoms with van der Waals surface area (Å²) in [7, 11) is 1.62. The van der Waals surface area contributed by atoms with Gasteiger partial charge in [-0.05, 0) is 32.1 Å². The van der Waals surface area contributed by atoms with Crippen LogP contribution in [0.2, 0.25) is 0 Å². The predicted octanol–water partition coefficient (Wildman–Crippen LogP) is 2.87. The fraction of sp³-hybridized carbons (Fsp3) is 0.792. The monoisotopic (exact) mass is 533 g/mol. The molecular weight excluding hydrogens is 501 g/mol. The maximum atomic E-state index is 13.8.